The zero-order chi connectivity index (χ0) is 19.4. The molecule has 0 radical (unpaired) electrons. The van der Waals surface area contributed by atoms with Crippen molar-refractivity contribution in [3.8, 4) is 11.1 Å². The topological polar surface area (TPSA) is 87.8 Å². The highest BCUT2D eigenvalue weighted by Gasteiger charge is 2.22. The summed E-state index contributed by atoms with van der Waals surface area (Å²) >= 11 is 6.13. The standard InChI is InChI=1S/C18H19ClN4O4/c1-11-16(18(24)27-8-7-25-2)20-21-17-15(12-5-4-6-13(19)9-12)14(10-26-3)22-23(11)17/h4-6,9H,7-8,10H2,1-3H3. The highest BCUT2D eigenvalue weighted by atomic mass is 35.5. The molecule has 0 atom stereocenters. The summed E-state index contributed by atoms with van der Waals surface area (Å²) in [6.45, 7) is 2.45. The van der Waals surface area contributed by atoms with E-state index in [0.717, 1.165) is 11.1 Å². The van der Waals surface area contributed by atoms with Gasteiger partial charge in [0.05, 0.1) is 30.2 Å². The fraction of sp³-hybridized carbons (Fsp3) is 0.333. The van der Waals surface area contributed by atoms with Crippen LogP contribution in [0.1, 0.15) is 21.9 Å². The molecule has 0 aliphatic heterocycles. The van der Waals surface area contributed by atoms with E-state index in [2.05, 4.69) is 15.3 Å². The Balaban J connectivity index is 2.10. The number of fused-ring (bicyclic) bond motifs is 1. The molecular weight excluding hydrogens is 372 g/mol. The Morgan fingerprint density at radius 2 is 2.00 bits per heavy atom. The van der Waals surface area contributed by atoms with Crippen molar-refractivity contribution in [2.24, 2.45) is 0 Å². The number of ether oxygens (including phenoxy) is 3. The van der Waals surface area contributed by atoms with Crippen molar-refractivity contribution in [1.82, 2.24) is 19.8 Å². The maximum absolute atomic E-state index is 12.3. The third kappa shape index (κ3) is 3.92. The van der Waals surface area contributed by atoms with Gasteiger partial charge < -0.3 is 14.2 Å². The summed E-state index contributed by atoms with van der Waals surface area (Å²) < 4.78 is 16.9. The number of methoxy groups -OCH3 is 2. The molecule has 0 fully saturated rings. The molecule has 1 aromatic carbocycles. The molecule has 8 nitrogen and oxygen atoms in total. The van der Waals surface area contributed by atoms with Gasteiger partial charge in [0.1, 0.15) is 6.61 Å². The van der Waals surface area contributed by atoms with Crippen LogP contribution in [0.15, 0.2) is 24.3 Å². The van der Waals surface area contributed by atoms with Gasteiger partial charge >= 0.3 is 5.97 Å². The van der Waals surface area contributed by atoms with Crippen LogP contribution in [0.5, 0.6) is 0 Å². The predicted molar refractivity (Wildman–Crippen MR) is 98.8 cm³/mol. The average molecular weight is 391 g/mol. The van der Waals surface area contributed by atoms with Gasteiger partial charge in [0.2, 0.25) is 0 Å². The second-order valence-electron chi connectivity index (χ2n) is 5.76. The second kappa shape index (κ2) is 8.43. The fourth-order valence-electron chi connectivity index (χ4n) is 2.70. The lowest BCUT2D eigenvalue weighted by molar-refractivity contribution is 0.0378. The number of esters is 1. The molecule has 3 aromatic rings. The first kappa shape index (κ1) is 19.2. The minimum Gasteiger partial charge on any atom is -0.458 e. The summed E-state index contributed by atoms with van der Waals surface area (Å²) in [6.07, 6.45) is 0. The van der Waals surface area contributed by atoms with Gasteiger partial charge in [0, 0.05) is 19.2 Å². The summed E-state index contributed by atoms with van der Waals surface area (Å²) in [4.78, 5) is 12.3. The van der Waals surface area contributed by atoms with Gasteiger partial charge in [-0.05, 0) is 24.6 Å². The molecule has 2 heterocycles. The van der Waals surface area contributed by atoms with E-state index in [-0.39, 0.29) is 18.9 Å². The smallest absolute Gasteiger partial charge is 0.360 e. The summed E-state index contributed by atoms with van der Waals surface area (Å²) in [5.41, 5.74) is 3.40. The first-order valence-electron chi connectivity index (χ1n) is 8.22. The SMILES string of the molecule is COCCOC(=O)c1nnc2c(-c3cccc(Cl)c3)c(COC)nn2c1C. The zero-order valence-corrected chi connectivity index (χ0v) is 16.0. The van der Waals surface area contributed by atoms with Gasteiger partial charge in [-0.15, -0.1) is 10.2 Å². The van der Waals surface area contributed by atoms with Crippen LogP contribution in [0, 0.1) is 6.92 Å². The van der Waals surface area contributed by atoms with Crippen molar-refractivity contribution in [3.63, 3.8) is 0 Å². The number of aromatic nitrogens is 4. The lowest BCUT2D eigenvalue weighted by atomic mass is 10.1. The maximum Gasteiger partial charge on any atom is 0.360 e. The number of rotatable bonds is 7. The lowest BCUT2D eigenvalue weighted by Crippen LogP contribution is -2.16. The number of nitrogens with zero attached hydrogens (tertiary/aromatic N) is 4. The molecular formula is C18H19ClN4O4. The molecule has 0 N–H and O–H groups in total. The fourth-order valence-corrected chi connectivity index (χ4v) is 2.89. The number of halogens is 1. The molecule has 9 heteroatoms. The van der Waals surface area contributed by atoms with Gasteiger partial charge in [-0.1, -0.05) is 23.7 Å². The van der Waals surface area contributed by atoms with Crippen molar-refractivity contribution < 1.29 is 19.0 Å². The molecule has 2 aromatic heterocycles. The Kier molecular flexibility index (Phi) is 6.00. The van der Waals surface area contributed by atoms with Crippen molar-refractivity contribution in [3.05, 3.63) is 46.4 Å². The molecule has 27 heavy (non-hydrogen) atoms. The van der Waals surface area contributed by atoms with Gasteiger partial charge in [-0.3, -0.25) is 0 Å². The molecule has 0 amide bonds. The van der Waals surface area contributed by atoms with Crippen LogP contribution < -0.4 is 0 Å². The highest BCUT2D eigenvalue weighted by molar-refractivity contribution is 6.30. The minimum absolute atomic E-state index is 0.0997. The monoisotopic (exact) mass is 390 g/mol. The zero-order valence-electron chi connectivity index (χ0n) is 15.2. The minimum atomic E-state index is -0.577. The normalized spacial score (nSPS) is 11.1. The van der Waals surface area contributed by atoms with Gasteiger partial charge in [0.25, 0.3) is 0 Å². The van der Waals surface area contributed by atoms with Gasteiger partial charge in [-0.2, -0.15) is 5.10 Å². The lowest BCUT2D eigenvalue weighted by Gasteiger charge is -2.07. The third-order valence-electron chi connectivity index (χ3n) is 3.95. The number of aryl methyl sites for hydroxylation is 1. The van der Waals surface area contributed by atoms with Crippen molar-refractivity contribution in [2.75, 3.05) is 27.4 Å². The van der Waals surface area contributed by atoms with E-state index < -0.39 is 5.97 Å². The van der Waals surface area contributed by atoms with E-state index >= 15 is 0 Å². The molecule has 0 aliphatic carbocycles. The van der Waals surface area contributed by atoms with E-state index in [1.807, 2.05) is 18.2 Å². The Hall–Kier alpha value is -2.55. The van der Waals surface area contributed by atoms with Gasteiger partial charge in [0.15, 0.2) is 11.3 Å². The highest BCUT2D eigenvalue weighted by Crippen LogP contribution is 2.30. The van der Waals surface area contributed by atoms with Crippen molar-refractivity contribution in [2.45, 2.75) is 13.5 Å². The first-order valence-corrected chi connectivity index (χ1v) is 8.60. The number of carbonyl (C=O) groups is 1. The van der Waals surface area contributed by atoms with Crippen LogP contribution in [0.4, 0.5) is 0 Å². The average Bonchev–Trinajstić information content (AvgIpc) is 3.01. The summed E-state index contributed by atoms with van der Waals surface area (Å²) in [7, 11) is 3.12. The van der Waals surface area contributed by atoms with E-state index in [0.29, 0.717) is 28.7 Å². The van der Waals surface area contributed by atoms with Crippen molar-refractivity contribution in [1.29, 1.82) is 0 Å². The molecule has 0 saturated heterocycles. The molecule has 0 aliphatic rings. The molecule has 3 rings (SSSR count). The molecule has 0 bridgehead atoms. The Labute approximate surface area is 161 Å². The Bertz CT molecular complexity index is 973. The van der Waals surface area contributed by atoms with E-state index in [1.54, 1.807) is 24.6 Å². The summed E-state index contributed by atoms with van der Waals surface area (Å²) in [6, 6.07) is 7.37. The quantitative estimate of drug-likeness (QED) is 0.452. The first-order chi connectivity index (χ1) is 13.1. The number of benzene rings is 1. The van der Waals surface area contributed by atoms with E-state index in [9.17, 15) is 4.79 Å². The predicted octanol–water partition coefficient (Wildman–Crippen LogP) is 2.70. The molecule has 0 spiro atoms. The molecule has 0 unspecified atom stereocenters. The second-order valence-corrected chi connectivity index (χ2v) is 6.20. The number of carbonyl (C=O) groups excluding carboxylic acids is 1. The Morgan fingerprint density at radius 1 is 1.19 bits per heavy atom. The van der Waals surface area contributed by atoms with E-state index in [1.165, 1.54) is 7.11 Å². The third-order valence-corrected chi connectivity index (χ3v) is 4.18. The van der Waals surface area contributed by atoms with Crippen molar-refractivity contribution >= 4 is 23.2 Å². The summed E-state index contributed by atoms with van der Waals surface area (Å²) in [5.74, 6) is -0.577. The largest absolute Gasteiger partial charge is 0.458 e. The van der Waals surface area contributed by atoms with Crippen LogP contribution in [-0.4, -0.2) is 53.2 Å². The van der Waals surface area contributed by atoms with Crippen LogP contribution in [0.3, 0.4) is 0 Å². The maximum atomic E-state index is 12.3. The number of hydrogen-bond donors (Lipinski definition) is 0. The van der Waals surface area contributed by atoms with Gasteiger partial charge in [-0.25, -0.2) is 9.31 Å². The van der Waals surface area contributed by atoms with Crippen LogP contribution in [-0.2, 0) is 20.8 Å². The molecule has 0 saturated carbocycles. The van der Waals surface area contributed by atoms with Crippen LogP contribution >= 0.6 is 11.6 Å². The Morgan fingerprint density at radius 3 is 2.70 bits per heavy atom. The molecule has 142 valence electrons. The van der Waals surface area contributed by atoms with Crippen LogP contribution in [0.25, 0.3) is 16.8 Å². The van der Waals surface area contributed by atoms with E-state index in [4.69, 9.17) is 25.8 Å². The number of hydrogen-bond acceptors (Lipinski definition) is 7. The summed E-state index contributed by atoms with van der Waals surface area (Å²) in [5, 5.41) is 13.4. The van der Waals surface area contributed by atoms with Crippen LogP contribution in [0.2, 0.25) is 5.02 Å².